The summed E-state index contributed by atoms with van der Waals surface area (Å²) in [7, 11) is 4.38. The smallest absolute Gasteiger partial charge is 0.327 e. The van der Waals surface area contributed by atoms with Crippen molar-refractivity contribution in [3.05, 3.63) is 0 Å². The minimum absolute atomic E-state index is 0.0234. The highest BCUT2D eigenvalue weighted by atomic mass is 16.9. The van der Waals surface area contributed by atoms with Crippen LogP contribution in [0.3, 0.4) is 0 Å². The van der Waals surface area contributed by atoms with Gasteiger partial charge in [-0.2, -0.15) is 0 Å². The van der Waals surface area contributed by atoms with Crippen molar-refractivity contribution < 1.29 is 38.3 Å². The molecule has 8 nitrogen and oxygen atoms in total. The first kappa shape index (κ1) is 18.2. The Morgan fingerprint density at radius 2 is 1.11 bits per heavy atom. The highest BCUT2D eigenvalue weighted by molar-refractivity contribution is 5.71. The quantitative estimate of drug-likeness (QED) is 0.293. The fraction of sp³-hybridized carbons (Fsp3) is 0.909. The first-order valence-corrected chi connectivity index (χ1v) is 5.73. The van der Waals surface area contributed by atoms with Crippen molar-refractivity contribution in [1.29, 1.82) is 0 Å². The normalized spacial score (nSPS) is 11.7. The molecular formula is C11H21O8-. The number of carboxylic acids is 1. The average Bonchev–Trinajstić information content (AvgIpc) is 2.38. The van der Waals surface area contributed by atoms with E-state index in [1.54, 1.807) is 0 Å². The molecule has 0 rings (SSSR count). The number of rotatable bonds is 13. The van der Waals surface area contributed by atoms with Crippen LogP contribution in [0.1, 0.15) is 0 Å². The van der Waals surface area contributed by atoms with Crippen LogP contribution in [0.25, 0.3) is 0 Å². The standard InChI is InChI=1S/C11H22O8/c1-14-4-7-17-11(10(12)13,18-8-5-15-2)19-9-6-16-3/h4-9H2,1-3H3,(H,12,13)/p-1. The van der Waals surface area contributed by atoms with Gasteiger partial charge < -0.3 is 38.3 Å². The zero-order chi connectivity index (χ0) is 14.6. The Hall–Kier alpha value is -0.770. The number of ether oxygens (including phenoxy) is 6. The van der Waals surface area contributed by atoms with Crippen LogP contribution in [0, 0.1) is 0 Å². The zero-order valence-electron chi connectivity index (χ0n) is 11.5. The third kappa shape index (κ3) is 7.41. The minimum atomic E-state index is -2.28. The van der Waals surface area contributed by atoms with E-state index < -0.39 is 11.9 Å². The third-order valence-corrected chi connectivity index (χ3v) is 1.99. The molecule has 0 bridgehead atoms. The fourth-order valence-electron chi connectivity index (χ4n) is 1.08. The molecule has 0 aliphatic heterocycles. The number of aliphatic carboxylic acids is 1. The molecule has 0 aliphatic rings. The fourth-order valence-corrected chi connectivity index (χ4v) is 1.08. The summed E-state index contributed by atoms with van der Waals surface area (Å²) in [5.41, 5.74) is 0. The van der Waals surface area contributed by atoms with Crippen LogP contribution in [0.4, 0.5) is 0 Å². The van der Waals surface area contributed by atoms with Crippen LogP contribution in [0.5, 0.6) is 0 Å². The Bertz CT molecular complexity index is 206. The topological polar surface area (TPSA) is 95.5 Å². The van der Waals surface area contributed by atoms with Gasteiger partial charge in [-0.3, -0.25) is 0 Å². The zero-order valence-corrected chi connectivity index (χ0v) is 11.5. The second-order valence-electron chi connectivity index (χ2n) is 3.37. The van der Waals surface area contributed by atoms with Crippen LogP contribution in [-0.4, -0.2) is 72.9 Å². The van der Waals surface area contributed by atoms with E-state index in [-0.39, 0.29) is 39.6 Å². The van der Waals surface area contributed by atoms with E-state index in [2.05, 4.69) is 0 Å². The molecule has 8 heteroatoms. The van der Waals surface area contributed by atoms with Gasteiger partial charge in [-0.1, -0.05) is 0 Å². The van der Waals surface area contributed by atoms with Crippen LogP contribution < -0.4 is 5.11 Å². The monoisotopic (exact) mass is 281 g/mol. The largest absolute Gasteiger partial charge is 0.542 e. The first-order chi connectivity index (χ1) is 9.13. The maximum Gasteiger partial charge on any atom is 0.327 e. The number of carbonyl (C=O) groups excluding carboxylic acids is 1. The van der Waals surface area contributed by atoms with E-state index in [4.69, 9.17) is 28.4 Å². The lowest BCUT2D eigenvalue weighted by Crippen LogP contribution is -2.55. The Labute approximate surface area is 112 Å². The summed E-state index contributed by atoms with van der Waals surface area (Å²) in [6.45, 7) is 0.502. The van der Waals surface area contributed by atoms with Gasteiger partial charge in [0, 0.05) is 21.3 Å². The summed E-state index contributed by atoms with van der Waals surface area (Å²) < 4.78 is 29.6. The van der Waals surface area contributed by atoms with Gasteiger partial charge in [0.05, 0.1) is 39.6 Å². The molecule has 0 aromatic rings. The van der Waals surface area contributed by atoms with Gasteiger partial charge in [0.15, 0.2) is 0 Å². The lowest BCUT2D eigenvalue weighted by atomic mass is 10.5. The Morgan fingerprint density at radius 1 is 0.789 bits per heavy atom. The lowest BCUT2D eigenvalue weighted by molar-refractivity contribution is -0.422. The molecule has 0 heterocycles. The molecule has 0 aromatic heterocycles. The highest BCUT2D eigenvalue weighted by Crippen LogP contribution is 2.15. The van der Waals surface area contributed by atoms with Crippen molar-refractivity contribution in [1.82, 2.24) is 0 Å². The van der Waals surface area contributed by atoms with Crippen molar-refractivity contribution in [2.24, 2.45) is 0 Å². The second kappa shape index (κ2) is 11.1. The molecule has 0 aromatic carbocycles. The van der Waals surface area contributed by atoms with Crippen molar-refractivity contribution in [2.75, 3.05) is 61.0 Å². The van der Waals surface area contributed by atoms with Gasteiger partial charge in [-0.25, -0.2) is 0 Å². The van der Waals surface area contributed by atoms with Crippen LogP contribution in [0.15, 0.2) is 0 Å². The van der Waals surface area contributed by atoms with Crippen molar-refractivity contribution in [2.45, 2.75) is 5.97 Å². The summed E-state index contributed by atoms with van der Waals surface area (Å²) in [6.07, 6.45) is 0. The van der Waals surface area contributed by atoms with Gasteiger partial charge in [0.2, 0.25) is 0 Å². The minimum Gasteiger partial charge on any atom is -0.542 e. The Kier molecular flexibility index (Phi) is 10.6. The molecule has 0 saturated heterocycles. The van der Waals surface area contributed by atoms with Gasteiger partial charge in [-0.15, -0.1) is 0 Å². The molecule has 0 amide bonds. The van der Waals surface area contributed by atoms with Crippen molar-refractivity contribution in [3.8, 4) is 0 Å². The summed E-state index contributed by atoms with van der Waals surface area (Å²) in [6, 6.07) is 0. The number of hydrogen-bond donors (Lipinski definition) is 0. The number of methoxy groups -OCH3 is 3. The Balaban J connectivity index is 4.53. The van der Waals surface area contributed by atoms with E-state index in [1.165, 1.54) is 21.3 Å². The van der Waals surface area contributed by atoms with E-state index in [0.717, 1.165) is 0 Å². The summed E-state index contributed by atoms with van der Waals surface area (Å²) >= 11 is 0. The van der Waals surface area contributed by atoms with Crippen LogP contribution >= 0.6 is 0 Å². The van der Waals surface area contributed by atoms with Crippen LogP contribution in [-0.2, 0) is 33.2 Å². The van der Waals surface area contributed by atoms with E-state index in [0.29, 0.717) is 0 Å². The number of carboxylic acid groups (broad SMARTS) is 1. The first-order valence-electron chi connectivity index (χ1n) is 5.73. The van der Waals surface area contributed by atoms with E-state index in [1.807, 2.05) is 0 Å². The lowest BCUT2D eigenvalue weighted by Gasteiger charge is -2.33. The molecule has 0 aliphatic carbocycles. The second-order valence-corrected chi connectivity index (χ2v) is 3.37. The summed E-state index contributed by atoms with van der Waals surface area (Å²) in [4.78, 5) is 11.2. The highest BCUT2D eigenvalue weighted by Gasteiger charge is 2.36. The van der Waals surface area contributed by atoms with Crippen molar-refractivity contribution in [3.63, 3.8) is 0 Å². The summed E-state index contributed by atoms with van der Waals surface area (Å²) in [5.74, 6) is -3.91. The molecular weight excluding hydrogens is 260 g/mol. The van der Waals surface area contributed by atoms with E-state index in [9.17, 15) is 9.90 Å². The van der Waals surface area contributed by atoms with E-state index >= 15 is 0 Å². The SMILES string of the molecule is COCCOC(OCCOC)(OCCOC)C(=O)[O-]. The maximum absolute atomic E-state index is 11.2. The van der Waals surface area contributed by atoms with Gasteiger partial charge in [-0.05, 0) is 0 Å². The molecule has 0 saturated carbocycles. The molecule has 0 unspecified atom stereocenters. The van der Waals surface area contributed by atoms with Crippen LogP contribution in [0.2, 0.25) is 0 Å². The van der Waals surface area contributed by atoms with Gasteiger partial charge in [0.1, 0.15) is 5.97 Å². The number of carbonyl (C=O) groups is 1. The predicted molar refractivity (Wildman–Crippen MR) is 61.2 cm³/mol. The average molecular weight is 281 g/mol. The number of hydrogen-bond acceptors (Lipinski definition) is 8. The maximum atomic E-state index is 11.2. The molecule has 0 N–H and O–H groups in total. The molecule has 0 atom stereocenters. The molecule has 0 spiro atoms. The summed E-state index contributed by atoms with van der Waals surface area (Å²) in [5, 5.41) is 11.2. The molecule has 114 valence electrons. The van der Waals surface area contributed by atoms with Gasteiger partial charge >= 0.3 is 5.97 Å². The predicted octanol–water partition coefficient (Wildman–Crippen LogP) is -1.62. The molecule has 0 fully saturated rings. The molecule has 0 radical (unpaired) electrons. The van der Waals surface area contributed by atoms with Crippen molar-refractivity contribution >= 4 is 5.97 Å². The molecule has 19 heavy (non-hydrogen) atoms. The Morgan fingerprint density at radius 3 is 1.32 bits per heavy atom. The van der Waals surface area contributed by atoms with Gasteiger partial charge in [0.25, 0.3) is 0 Å². The third-order valence-electron chi connectivity index (χ3n) is 1.99.